The van der Waals surface area contributed by atoms with Crippen LogP contribution in [0.4, 0.5) is 5.69 Å². The number of carbonyl (C=O) groups excluding carboxylic acids is 1. The molecule has 0 aromatic heterocycles. The van der Waals surface area contributed by atoms with Gasteiger partial charge in [-0.3, -0.25) is 4.79 Å². The second-order valence-corrected chi connectivity index (χ2v) is 4.54. The van der Waals surface area contributed by atoms with Crippen molar-refractivity contribution in [1.29, 1.82) is 0 Å². The van der Waals surface area contributed by atoms with Crippen LogP contribution in [0.3, 0.4) is 0 Å². The van der Waals surface area contributed by atoms with Gasteiger partial charge in [-0.1, -0.05) is 36.2 Å². The number of rotatable bonds is 5. The Labute approximate surface area is 111 Å². The molecule has 2 N–H and O–H groups in total. The van der Waals surface area contributed by atoms with Crippen LogP contribution in [0.15, 0.2) is 18.2 Å². The Balaban J connectivity index is 2.64. The van der Waals surface area contributed by atoms with E-state index in [4.69, 9.17) is 23.2 Å². The maximum absolute atomic E-state index is 11.7. The molecule has 3 nitrogen and oxygen atoms in total. The van der Waals surface area contributed by atoms with Crippen molar-refractivity contribution in [2.75, 3.05) is 11.9 Å². The van der Waals surface area contributed by atoms with Crippen molar-refractivity contribution in [3.05, 3.63) is 28.2 Å². The van der Waals surface area contributed by atoms with Gasteiger partial charge < -0.3 is 10.6 Å². The Morgan fingerprint density at radius 3 is 2.76 bits per heavy atom. The molecule has 0 aliphatic rings. The molecule has 0 radical (unpaired) electrons. The summed E-state index contributed by atoms with van der Waals surface area (Å²) in [4.78, 5) is 11.7. The molecule has 1 aromatic carbocycles. The Kier molecular flexibility index (Phi) is 5.59. The van der Waals surface area contributed by atoms with Crippen LogP contribution >= 0.6 is 23.2 Å². The highest BCUT2D eigenvalue weighted by Gasteiger charge is 2.13. The van der Waals surface area contributed by atoms with E-state index in [1.165, 1.54) is 0 Å². The molecule has 1 aromatic rings. The average Bonchev–Trinajstić information content (AvgIpc) is 2.31. The first-order valence-corrected chi connectivity index (χ1v) is 6.30. The molecule has 1 atom stereocenters. The maximum Gasteiger partial charge on any atom is 0.242 e. The van der Waals surface area contributed by atoms with Crippen LogP contribution in [0, 0.1) is 0 Å². The van der Waals surface area contributed by atoms with Gasteiger partial charge in [-0.25, -0.2) is 0 Å². The lowest BCUT2D eigenvalue weighted by atomic mass is 10.2. The zero-order valence-corrected chi connectivity index (χ0v) is 11.4. The summed E-state index contributed by atoms with van der Waals surface area (Å²) in [5.74, 6) is -0.0529. The number of halogens is 2. The second-order valence-electron chi connectivity index (χ2n) is 3.76. The molecule has 0 saturated heterocycles. The van der Waals surface area contributed by atoms with Gasteiger partial charge in [0, 0.05) is 6.54 Å². The van der Waals surface area contributed by atoms with E-state index in [-0.39, 0.29) is 11.9 Å². The van der Waals surface area contributed by atoms with E-state index < -0.39 is 0 Å². The third kappa shape index (κ3) is 4.10. The highest BCUT2D eigenvalue weighted by Crippen LogP contribution is 2.29. The van der Waals surface area contributed by atoms with Crippen molar-refractivity contribution in [3.63, 3.8) is 0 Å². The Hall–Kier alpha value is -0.930. The third-order valence-corrected chi connectivity index (χ3v) is 3.09. The highest BCUT2D eigenvalue weighted by molar-refractivity contribution is 6.43. The smallest absolute Gasteiger partial charge is 0.242 e. The van der Waals surface area contributed by atoms with Gasteiger partial charge in [0.1, 0.15) is 6.04 Å². The van der Waals surface area contributed by atoms with Gasteiger partial charge in [-0.2, -0.15) is 0 Å². The van der Waals surface area contributed by atoms with E-state index in [9.17, 15) is 4.79 Å². The van der Waals surface area contributed by atoms with Crippen molar-refractivity contribution in [3.8, 4) is 0 Å². The second kappa shape index (κ2) is 6.72. The van der Waals surface area contributed by atoms with E-state index in [0.29, 0.717) is 22.3 Å². The third-order valence-electron chi connectivity index (χ3n) is 2.27. The molecule has 0 heterocycles. The van der Waals surface area contributed by atoms with Crippen LogP contribution < -0.4 is 10.6 Å². The predicted molar refractivity (Wildman–Crippen MR) is 72.8 cm³/mol. The number of hydrogen-bond donors (Lipinski definition) is 2. The molecule has 0 fully saturated rings. The summed E-state index contributed by atoms with van der Waals surface area (Å²) < 4.78 is 0. The number of nitrogens with one attached hydrogen (secondary N) is 2. The lowest BCUT2D eigenvalue weighted by molar-refractivity contribution is -0.121. The summed E-state index contributed by atoms with van der Waals surface area (Å²) in [5, 5.41) is 6.74. The van der Waals surface area contributed by atoms with Gasteiger partial charge in [0.15, 0.2) is 0 Å². The first-order chi connectivity index (χ1) is 8.06. The van der Waals surface area contributed by atoms with Crippen molar-refractivity contribution >= 4 is 34.8 Å². The highest BCUT2D eigenvalue weighted by atomic mass is 35.5. The minimum atomic E-state index is -0.350. The Morgan fingerprint density at radius 2 is 2.12 bits per heavy atom. The standard InChI is InChI=1S/C12H16Cl2N2O/c1-3-7-15-12(17)8(2)16-10-6-4-5-9(13)11(10)14/h4-6,8,16H,3,7H2,1-2H3,(H,15,17). The summed E-state index contributed by atoms with van der Waals surface area (Å²) in [6.07, 6.45) is 0.913. The molecule has 0 aliphatic carbocycles. The van der Waals surface area contributed by atoms with Crippen LogP contribution in [0.25, 0.3) is 0 Å². The zero-order valence-electron chi connectivity index (χ0n) is 9.89. The van der Waals surface area contributed by atoms with Crippen LogP contribution in [-0.2, 0) is 4.79 Å². The fraction of sp³-hybridized carbons (Fsp3) is 0.417. The molecule has 17 heavy (non-hydrogen) atoms. The number of benzene rings is 1. The first kappa shape index (κ1) is 14.1. The normalized spacial score (nSPS) is 12.0. The summed E-state index contributed by atoms with van der Waals surface area (Å²) in [6.45, 7) is 4.46. The van der Waals surface area contributed by atoms with E-state index >= 15 is 0 Å². The quantitative estimate of drug-likeness (QED) is 0.865. The van der Waals surface area contributed by atoms with E-state index in [1.807, 2.05) is 6.92 Å². The van der Waals surface area contributed by atoms with Gasteiger partial charge in [-0.15, -0.1) is 0 Å². The summed E-state index contributed by atoms with van der Waals surface area (Å²) in [6, 6.07) is 4.93. The fourth-order valence-electron chi connectivity index (χ4n) is 1.32. The maximum atomic E-state index is 11.7. The van der Waals surface area contributed by atoms with E-state index in [1.54, 1.807) is 25.1 Å². The molecule has 0 aliphatic heterocycles. The van der Waals surface area contributed by atoms with E-state index in [0.717, 1.165) is 6.42 Å². The molecule has 0 saturated carbocycles. The van der Waals surface area contributed by atoms with Gasteiger partial charge in [0.05, 0.1) is 15.7 Å². The van der Waals surface area contributed by atoms with Crippen LogP contribution in [0.2, 0.25) is 10.0 Å². The summed E-state index contributed by atoms with van der Waals surface area (Å²) in [7, 11) is 0. The van der Waals surface area contributed by atoms with Crippen molar-refractivity contribution < 1.29 is 4.79 Å². The Bertz CT molecular complexity index is 396. The minimum Gasteiger partial charge on any atom is -0.373 e. The van der Waals surface area contributed by atoms with Crippen molar-refractivity contribution in [1.82, 2.24) is 5.32 Å². The molecule has 0 spiro atoms. The molecule has 1 unspecified atom stereocenters. The van der Waals surface area contributed by atoms with Crippen molar-refractivity contribution in [2.45, 2.75) is 26.3 Å². The first-order valence-electron chi connectivity index (χ1n) is 5.54. The summed E-state index contributed by atoms with van der Waals surface area (Å²) >= 11 is 11.9. The van der Waals surface area contributed by atoms with Crippen LogP contribution in [-0.4, -0.2) is 18.5 Å². The zero-order chi connectivity index (χ0) is 12.8. The van der Waals surface area contributed by atoms with Gasteiger partial charge in [0.25, 0.3) is 0 Å². The SMILES string of the molecule is CCCNC(=O)C(C)Nc1cccc(Cl)c1Cl. The predicted octanol–water partition coefficient (Wildman–Crippen LogP) is 3.32. The minimum absolute atomic E-state index is 0.0529. The largest absolute Gasteiger partial charge is 0.373 e. The lowest BCUT2D eigenvalue weighted by Crippen LogP contribution is -2.37. The molecule has 1 rings (SSSR count). The number of amides is 1. The number of hydrogen-bond acceptors (Lipinski definition) is 2. The fourth-order valence-corrected chi connectivity index (χ4v) is 1.67. The molecule has 5 heteroatoms. The van der Waals surface area contributed by atoms with Gasteiger partial charge >= 0.3 is 0 Å². The topological polar surface area (TPSA) is 41.1 Å². The van der Waals surface area contributed by atoms with E-state index in [2.05, 4.69) is 10.6 Å². The van der Waals surface area contributed by atoms with Gasteiger partial charge in [0.2, 0.25) is 5.91 Å². The van der Waals surface area contributed by atoms with Gasteiger partial charge in [-0.05, 0) is 25.5 Å². The monoisotopic (exact) mass is 274 g/mol. The molecule has 1 amide bonds. The average molecular weight is 275 g/mol. The molecular formula is C12H16Cl2N2O. The molecule has 94 valence electrons. The lowest BCUT2D eigenvalue weighted by Gasteiger charge is -2.16. The number of anilines is 1. The molecule has 0 bridgehead atoms. The summed E-state index contributed by atoms with van der Waals surface area (Å²) in [5.41, 5.74) is 0.665. The van der Waals surface area contributed by atoms with Crippen LogP contribution in [0.5, 0.6) is 0 Å². The Morgan fingerprint density at radius 1 is 1.41 bits per heavy atom. The molecular weight excluding hydrogens is 259 g/mol. The van der Waals surface area contributed by atoms with Crippen LogP contribution in [0.1, 0.15) is 20.3 Å². The number of carbonyl (C=O) groups is 1. The van der Waals surface area contributed by atoms with Crippen molar-refractivity contribution in [2.24, 2.45) is 0 Å².